The Kier molecular flexibility index (Phi) is 6.16. The third-order valence-electron chi connectivity index (χ3n) is 3.10. The van der Waals surface area contributed by atoms with Crippen molar-refractivity contribution in [3.05, 3.63) is 35.6 Å². The molecule has 0 saturated heterocycles. The monoisotopic (exact) mass is 265 g/mol. The second-order valence-electron chi connectivity index (χ2n) is 5.67. The molecule has 0 aliphatic rings. The lowest BCUT2D eigenvalue weighted by molar-refractivity contribution is 0.0949. The first-order valence-electron chi connectivity index (χ1n) is 6.93. The minimum atomic E-state index is -0.353. The molecule has 0 radical (unpaired) electrons. The molecule has 0 fully saturated rings. The van der Waals surface area contributed by atoms with E-state index >= 15 is 0 Å². The van der Waals surface area contributed by atoms with Crippen LogP contribution in [0.3, 0.4) is 0 Å². The van der Waals surface area contributed by atoms with Crippen molar-refractivity contribution in [3.63, 3.8) is 0 Å². The van der Waals surface area contributed by atoms with Crippen LogP contribution in [0.25, 0.3) is 0 Å². The third kappa shape index (κ3) is 5.52. The first kappa shape index (κ1) is 15.8. The first-order chi connectivity index (χ1) is 8.90. The molecule has 0 atom stereocenters. The number of rotatable bonds is 7. The van der Waals surface area contributed by atoms with Crippen LogP contribution in [0.15, 0.2) is 24.3 Å². The summed E-state index contributed by atoms with van der Waals surface area (Å²) in [5, 5.41) is 0. The van der Waals surface area contributed by atoms with Crippen LogP contribution in [-0.4, -0.2) is 29.8 Å². The number of nitrogens with zero attached hydrogens (tertiary/aromatic N) is 1. The fourth-order valence-electron chi connectivity index (χ4n) is 2.08. The zero-order valence-corrected chi connectivity index (χ0v) is 12.3. The highest BCUT2D eigenvalue weighted by atomic mass is 19.1. The number of carbonyl (C=O) groups is 1. The SMILES string of the molecule is CC(C)CN(CCC(=O)c1cccc(F)c1)C(C)C. The van der Waals surface area contributed by atoms with Crippen LogP contribution < -0.4 is 0 Å². The summed E-state index contributed by atoms with van der Waals surface area (Å²) in [6, 6.07) is 6.34. The molecule has 0 bridgehead atoms. The summed E-state index contributed by atoms with van der Waals surface area (Å²) in [4.78, 5) is 14.3. The van der Waals surface area contributed by atoms with Crippen molar-refractivity contribution >= 4 is 5.78 Å². The maximum atomic E-state index is 13.1. The molecule has 0 aromatic heterocycles. The van der Waals surface area contributed by atoms with E-state index in [4.69, 9.17) is 0 Å². The normalized spacial score (nSPS) is 11.6. The van der Waals surface area contributed by atoms with Gasteiger partial charge in [-0.15, -0.1) is 0 Å². The molecule has 106 valence electrons. The van der Waals surface area contributed by atoms with Crippen molar-refractivity contribution in [3.8, 4) is 0 Å². The number of hydrogen-bond acceptors (Lipinski definition) is 2. The van der Waals surface area contributed by atoms with Gasteiger partial charge in [-0.2, -0.15) is 0 Å². The van der Waals surface area contributed by atoms with E-state index in [1.807, 2.05) is 0 Å². The summed E-state index contributed by atoms with van der Waals surface area (Å²) < 4.78 is 13.1. The molecule has 0 unspecified atom stereocenters. The van der Waals surface area contributed by atoms with Crippen molar-refractivity contribution < 1.29 is 9.18 Å². The average molecular weight is 265 g/mol. The zero-order valence-electron chi connectivity index (χ0n) is 12.3. The van der Waals surface area contributed by atoms with E-state index in [1.165, 1.54) is 12.1 Å². The summed E-state index contributed by atoms with van der Waals surface area (Å²) >= 11 is 0. The second-order valence-corrected chi connectivity index (χ2v) is 5.67. The molecule has 0 heterocycles. The number of ketones is 1. The Morgan fingerprint density at radius 2 is 1.95 bits per heavy atom. The van der Waals surface area contributed by atoms with E-state index in [0.29, 0.717) is 23.9 Å². The van der Waals surface area contributed by atoms with Gasteiger partial charge in [-0.3, -0.25) is 4.79 Å². The predicted octanol–water partition coefficient (Wildman–Crippen LogP) is 3.76. The molecule has 0 amide bonds. The highest BCUT2D eigenvalue weighted by molar-refractivity contribution is 5.96. The van der Waals surface area contributed by atoms with Gasteiger partial charge in [-0.05, 0) is 31.9 Å². The largest absolute Gasteiger partial charge is 0.300 e. The van der Waals surface area contributed by atoms with Gasteiger partial charge in [-0.25, -0.2) is 4.39 Å². The van der Waals surface area contributed by atoms with Crippen molar-refractivity contribution in [1.82, 2.24) is 4.90 Å². The number of hydrogen-bond donors (Lipinski definition) is 0. The maximum absolute atomic E-state index is 13.1. The minimum absolute atomic E-state index is 0.00825. The van der Waals surface area contributed by atoms with Gasteiger partial charge in [0.25, 0.3) is 0 Å². The topological polar surface area (TPSA) is 20.3 Å². The van der Waals surface area contributed by atoms with Gasteiger partial charge in [-0.1, -0.05) is 26.0 Å². The van der Waals surface area contributed by atoms with Crippen LogP contribution >= 0.6 is 0 Å². The van der Waals surface area contributed by atoms with E-state index in [-0.39, 0.29) is 11.6 Å². The van der Waals surface area contributed by atoms with Crippen molar-refractivity contribution in [2.75, 3.05) is 13.1 Å². The van der Waals surface area contributed by atoms with Gasteiger partial charge in [0.1, 0.15) is 5.82 Å². The Bertz CT molecular complexity index is 415. The fourth-order valence-corrected chi connectivity index (χ4v) is 2.08. The third-order valence-corrected chi connectivity index (χ3v) is 3.10. The Hall–Kier alpha value is -1.22. The van der Waals surface area contributed by atoms with Gasteiger partial charge in [0.2, 0.25) is 0 Å². The van der Waals surface area contributed by atoms with E-state index in [2.05, 4.69) is 32.6 Å². The molecule has 0 saturated carbocycles. The summed E-state index contributed by atoms with van der Waals surface area (Å²) in [5.41, 5.74) is 0.466. The molecule has 1 rings (SSSR count). The van der Waals surface area contributed by atoms with Crippen molar-refractivity contribution in [2.45, 2.75) is 40.2 Å². The lowest BCUT2D eigenvalue weighted by Gasteiger charge is -2.27. The summed E-state index contributed by atoms with van der Waals surface area (Å²) in [6.45, 7) is 10.3. The van der Waals surface area contributed by atoms with Crippen LogP contribution in [0.1, 0.15) is 44.5 Å². The van der Waals surface area contributed by atoms with Gasteiger partial charge >= 0.3 is 0 Å². The van der Waals surface area contributed by atoms with E-state index in [1.54, 1.807) is 12.1 Å². The van der Waals surface area contributed by atoms with Crippen molar-refractivity contribution in [2.24, 2.45) is 5.92 Å². The zero-order chi connectivity index (χ0) is 14.4. The summed E-state index contributed by atoms with van der Waals surface area (Å²) in [5.74, 6) is 0.231. The highest BCUT2D eigenvalue weighted by Gasteiger charge is 2.14. The Morgan fingerprint density at radius 1 is 1.26 bits per heavy atom. The predicted molar refractivity (Wildman–Crippen MR) is 76.9 cm³/mol. The Labute approximate surface area is 115 Å². The smallest absolute Gasteiger partial charge is 0.164 e. The number of carbonyl (C=O) groups excluding carboxylic acids is 1. The molecule has 2 nitrogen and oxygen atoms in total. The molecule has 0 N–H and O–H groups in total. The van der Waals surface area contributed by atoms with Gasteiger partial charge < -0.3 is 4.90 Å². The molecule has 3 heteroatoms. The summed E-state index contributed by atoms with van der Waals surface area (Å²) in [6.07, 6.45) is 0.439. The molecule has 0 aliphatic carbocycles. The van der Waals surface area contributed by atoms with E-state index in [0.717, 1.165) is 13.1 Å². The van der Waals surface area contributed by atoms with Crippen molar-refractivity contribution in [1.29, 1.82) is 0 Å². The molecule has 0 aliphatic heterocycles. The Balaban J connectivity index is 2.57. The molecule has 1 aromatic carbocycles. The quantitative estimate of drug-likeness (QED) is 0.700. The Morgan fingerprint density at radius 3 is 2.47 bits per heavy atom. The number of Topliss-reactive ketones (excluding diaryl/α,β-unsaturated/α-hetero) is 1. The first-order valence-corrected chi connectivity index (χ1v) is 6.93. The van der Waals surface area contributed by atoms with Crippen LogP contribution in [0.2, 0.25) is 0 Å². The van der Waals surface area contributed by atoms with Crippen LogP contribution in [0, 0.1) is 11.7 Å². The molecular weight excluding hydrogens is 241 g/mol. The standard InChI is InChI=1S/C16H24FNO/c1-12(2)11-18(13(3)4)9-8-16(19)14-6-5-7-15(17)10-14/h5-7,10,12-13H,8-9,11H2,1-4H3. The van der Waals surface area contributed by atoms with Crippen LogP contribution in [0.5, 0.6) is 0 Å². The van der Waals surface area contributed by atoms with Crippen LogP contribution in [-0.2, 0) is 0 Å². The molecular formula is C16H24FNO. The lowest BCUT2D eigenvalue weighted by atomic mass is 10.1. The number of halogens is 1. The number of benzene rings is 1. The highest BCUT2D eigenvalue weighted by Crippen LogP contribution is 2.10. The maximum Gasteiger partial charge on any atom is 0.164 e. The van der Waals surface area contributed by atoms with Gasteiger partial charge in [0.15, 0.2) is 5.78 Å². The molecule has 1 aromatic rings. The summed E-state index contributed by atoms with van der Waals surface area (Å²) in [7, 11) is 0. The van der Waals surface area contributed by atoms with E-state index < -0.39 is 0 Å². The average Bonchev–Trinajstić information content (AvgIpc) is 2.33. The molecule has 0 spiro atoms. The van der Waals surface area contributed by atoms with Crippen LogP contribution in [0.4, 0.5) is 4.39 Å². The second kappa shape index (κ2) is 7.39. The van der Waals surface area contributed by atoms with E-state index in [9.17, 15) is 9.18 Å². The van der Waals surface area contributed by atoms with Gasteiger partial charge in [0, 0.05) is 31.1 Å². The molecule has 19 heavy (non-hydrogen) atoms. The van der Waals surface area contributed by atoms with Gasteiger partial charge in [0.05, 0.1) is 0 Å². The lowest BCUT2D eigenvalue weighted by Crippen LogP contribution is -2.35. The minimum Gasteiger partial charge on any atom is -0.300 e. The fraction of sp³-hybridized carbons (Fsp3) is 0.562.